The monoisotopic (exact) mass is 217 g/mol. The highest BCUT2D eigenvalue weighted by molar-refractivity contribution is 5.36. The molecule has 0 spiro atoms. The second-order valence-electron chi connectivity index (χ2n) is 5.23. The molecule has 1 saturated heterocycles. The van der Waals surface area contributed by atoms with Crippen molar-refractivity contribution < 1.29 is 5.11 Å². The fourth-order valence-electron chi connectivity index (χ4n) is 3.24. The van der Waals surface area contributed by atoms with Crippen molar-refractivity contribution >= 4 is 0 Å². The maximum atomic E-state index is 9.34. The van der Waals surface area contributed by atoms with Crippen molar-refractivity contribution in [3.05, 3.63) is 29.8 Å². The van der Waals surface area contributed by atoms with Crippen LogP contribution < -0.4 is 5.32 Å². The third kappa shape index (κ3) is 1.61. The summed E-state index contributed by atoms with van der Waals surface area (Å²) in [6, 6.07) is 7.89. The van der Waals surface area contributed by atoms with Gasteiger partial charge in [0.1, 0.15) is 5.75 Å². The Morgan fingerprint density at radius 2 is 1.69 bits per heavy atom. The molecule has 0 aromatic heterocycles. The number of rotatable bonds is 2. The average molecular weight is 217 g/mol. The number of hydrogen-bond acceptors (Lipinski definition) is 2. The standard InChI is InChI=1S/C14H19NO/c16-13-3-1-11(2-4-13)14(7-8-14)12-5-9-15-10-6-12/h1-4,12,15-16H,5-10H2. The van der Waals surface area contributed by atoms with E-state index in [0.717, 1.165) is 5.92 Å². The van der Waals surface area contributed by atoms with Crippen LogP contribution in [0.25, 0.3) is 0 Å². The summed E-state index contributed by atoms with van der Waals surface area (Å²) in [6.07, 6.45) is 5.28. The maximum absolute atomic E-state index is 9.34. The molecule has 2 aliphatic rings. The van der Waals surface area contributed by atoms with Crippen molar-refractivity contribution in [2.75, 3.05) is 13.1 Å². The highest BCUT2D eigenvalue weighted by Crippen LogP contribution is 2.56. The van der Waals surface area contributed by atoms with E-state index in [9.17, 15) is 5.11 Å². The normalized spacial score (nSPS) is 24.2. The first-order chi connectivity index (χ1) is 7.81. The maximum Gasteiger partial charge on any atom is 0.115 e. The van der Waals surface area contributed by atoms with Crippen molar-refractivity contribution in [2.45, 2.75) is 31.1 Å². The molecule has 1 saturated carbocycles. The smallest absolute Gasteiger partial charge is 0.115 e. The molecule has 0 radical (unpaired) electrons. The van der Waals surface area contributed by atoms with Crippen LogP contribution in [0.4, 0.5) is 0 Å². The van der Waals surface area contributed by atoms with Crippen molar-refractivity contribution in [2.24, 2.45) is 5.92 Å². The van der Waals surface area contributed by atoms with Crippen molar-refractivity contribution in [3.8, 4) is 5.75 Å². The average Bonchev–Trinajstić information content (AvgIpc) is 3.13. The van der Waals surface area contributed by atoms with E-state index in [1.807, 2.05) is 12.1 Å². The third-order valence-corrected chi connectivity index (χ3v) is 4.35. The molecule has 3 rings (SSSR count). The molecule has 1 aromatic rings. The summed E-state index contributed by atoms with van der Waals surface area (Å²) in [5.41, 5.74) is 1.90. The molecule has 1 aliphatic carbocycles. The van der Waals surface area contributed by atoms with Gasteiger partial charge in [-0.3, -0.25) is 0 Å². The summed E-state index contributed by atoms with van der Waals surface area (Å²) < 4.78 is 0. The summed E-state index contributed by atoms with van der Waals surface area (Å²) in [5.74, 6) is 1.23. The molecular weight excluding hydrogens is 198 g/mol. The van der Waals surface area contributed by atoms with Gasteiger partial charge in [-0.05, 0) is 67.8 Å². The predicted molar refractivity (Wildman–Crippen MR) is 64.6 cm³/mol. The van der Waals surface area contributed by atoms with E-state index in [1.54, 1.807) is 0 Å². The molecule has 0 bridgehead atoms. The van der Waals surface area contributed by atoms with Crippen molar-refractivity contribution in [3.63, 3.8) is 0 Å². The van der Waals surface area contributed by atoms with Gasteiger partial charge in [-0.2, -0.15) is 0 Å². The Hall–Kier alpha value is -1.02. The Balaban J connectivity index is 1.84. The van der Waals surface area contributed by atoms with E-state index in [-0.39, 0.29) is 0 Å². The molecule has 0 amide bonds. The topological polar surface area (TPSA) is 32.3 Å². The van der Waals surface area contributed by atoms with Crippen LogP contribution in [0, 0.1) is 5.92 Å². The quantitative estimate of drug-likeness (QED) is 0.797. The zero-order valence-electron chi connectivity index (χ0n) is 9.58. The number of aromatic hydroxyl groups is 1. The van der Waals surface area contributed by atoms with Gasteiger partial charge >= 0.3 is 0 Å². The Kier molecular flexibility index (Phi) is 2.40. The van der Waals surface area contributed by atoms with Gasteiger partial charge in [0, 0.05) is 0 Å². The largest absolute Gasteiger partial charge is 0.508 e. The van der Waals surface area contributed by atoms with E-state index in [0.29, 0.717) is 11.2 Å². The molecule has 86 valence electrons. The van der Waals surface area contributed by atoms with Crippen LogP contribution in [0.3, 0.4) is 0 Å². The molecule has 1 aromatic carbocycles. The van der Waals surface area contributed by atoms with E-state index in [1.165, 1.54) is 44.3 Å². The van der Waals surface area contributed by atoms with Crippen LogP contribution in [0.2, 0.25) is 0 Å². The first-order valence-electron chi connectivity index (χ1n) is 6.31. The first kappa shape index (κ1) is 10.2. The minimum absolute atomic E-state index is 0.380. The van der Waals surface area contributed by atoms with Gasteiger partial charge in [0.2, 0.25) is 0 Å². The van der Waals surface area contributed by atoms with E-state index in [4.69, 9.17) is 0 Å². The minimum Gasteiger partial charge on any atom is -0.508 e. The Morgan fingerprint density at radius 1 is 1.06 bits per heavy atom. The molecule has 1 heterocycles. The Labute approximate surface area is 96.7 Å². The zero-order valence-corrected chi connectivity index (χ0v) is 9.58. The lowest BCUT2D eigenvalue weighted by atomic mass is 9.77. The van der Waals surface area contributed by atoms with Gasteiger partial charge in [0.15, 0.2) is 0 Å². The van der Waals surface area contributed by atoms with Crippen LogP contribution in [0.15, 0.2) is 24.3 Å². The summed E-state index contributed by atoms with van der Waals surface area (Å²) in [6.45, 7) is 2.34. The van der Waals surface area contributed by atoms with E-state index < -0.39 is 0 Å². The summed E-state index contributed by atoms with van der Waals surface area (Å²) in [5, 5.41) is 12.8. The lowest BCUT2D eigenvalue weighted by molar-refractivity contribution is 0.302. The van der Waals surface area contributed by atoms with Gasteiger partial charge in [-0.25, -0.2) is 0 Å². The number of phenolic OH excluding ortho intramolecular Hbond substituents is 1. The molecule has 2 fully saturated rings. The SMILES string of the molecule is Oc1ccc(C2(C3CCNCC3)CC2)cc1. The van der Waals surface area contributed by atoms with Crippen LogP contribution in [0.1, 0.15) is 31.2 Å². The zero-order chi connectivity index (χ0) is 11.0. The molecule has 2 nitrogen and oxygen atoms in total. The molecular formula is C14H19NO. The molecule has 1 aliphatic heterocycles. The van der Waals surface area contributed by atoms with Crippen LogP contribution in [-0.2, 0) is 5.41 Å². The number of nitrogens with one attached hydrogen (secondary N) is 1. The fraction of sp³-hybridized carbons (Fsp3) is 0.571. The summed E-state index contributed by atoms with van der Waals surface area (Å²) in [4.78, 5) is 0. The van der Waals surface area contributed by atoms with Gasteiger partial charge in [-0.15, -0.1) is 0 Å². The minimum atomic E-state index is 0.380. The van der Waals surface area contributed by atoms with Gasteiger partial charge in [-0.1, -0.05) is 12.1 Å². The second kappa shape index (κ2) is 3.77. The molecule has 16 heavy (non-hydrogen) atoms. The number of benzene rings is 1. The second-order valence-corrected chi connectivity index (χ2v) is 5.23. The lowest BCUT2D eigenvalue weighted by Gasteiger charge is -2.31. The molecule has 2 heteroatoms. The van der Waals surface area contributed by atoms with Crippen LogP contribution in [-0.4, -0.2) is 18.2 Å². The van der Waals surface area contributed by atoms with Gasteiger partial charge < -0.3 is 10.4 Å². The van der Waals surface area contributed by atoms with Gasteiger partial charge in [0.25, 0.3) is 0 Å². The van der Waals surface area contributed by atoms with Crippen LogP contribution >= 0.6 is 0 Å². The van der Waals surface area contributed by atoms with Crippen molar-refractivity contribution in [1.82, 2.24) is 5.32 Å². The summed E-state index contributed by atoms with van der Waals surface area (Å²) >= 11 is 0. The number of hydrogen-bond donors (Lipinski definition) is 2. The van der Waals surface area contributed by atoms with E-state index >= 15 is 0 Å². The number of phenols is 1. The Morgan fingerprint density at radius 3 is 2.25 bits per heavy atom. The molecule has 2 N–H and O–H groups in total. The Bertz CT molecular complexity index is 361. The molecule has 0 atom stereocenters. The van der Waals surface area contributed by atoms with Crippen molar-refractivity contribution in [1.29, 1.82) is 0 Å². The lowest BCUT2D eigenvalue weighted by Crippen LogP contribution is -2.34. The van der Waals surface area contributed by atoms with Gasteiger partial charge in [0.05, 0.1) is 0 Å². The predicted octanol–water partition coefficient (Wildman–Crippen LogP) is 2.42. The highest BCUT2D eigenvalue weighted by Gasteiger charge is 2.50. The fourth-order valence-corrected chi connectivity index (χ4v) is 3.24. The number of piperidine rings is 1. The highest BCUT2D eigenvalue weighted by atomic mass is 16.3. The summed E-state index contributed by atoms with van der Waals surface area (Å²) in [7, 11) is 0. The first-order valence-corrected chi connectivity index (χ1v) is 6.31. The van der Waals surface area contributed by atoms with E-state index in [2.05, 4.69) is 17.4 Å². The molecule has 0 unspecified atom stereocenters. The van der Waals surface area contributed by atoms with Crippen LogP contribution in [0.5, 0.6) is 5.75 Å². The third-order valence-electron chi connectivity index (χ3n) is 4.35.